The topological polar surface area (TPSA) is 50.2 Å². The Balaban J connectivity index is 0.000000289. The van der Waals surface area contributed by atoms with Gasteiger partial charge in [-0.05, 0) is 42.7 Å². The van der Waals surface area contributed by atoms with Crippen molar-refractivity contribution < 1.29 is 30.0 Å². The number of pyridine rings is 1. The first-order chi connectivity index (χ1) is 13.6. The Morgan fingerprint density at radius 2 is 1.72 bits per heavy atom. The molecule has 0 amide bonds. The van der Waals surface area contributed by atoms with Crippen LogP contribution in [0.5, 0.6) is 0 Å². The summed E-state index contributed by atoms with van der Waals surface area (Å²) in [4.78, 5) is 14.9. The Hall–Kier alpha value is -2.55. The molecule has 3 nitrogen and oxygen atoms in total. The minimum atomic E-state index is -0.112. The van der Waals surface area contributed by atoms with Gasteiger partial charge in [-0.1, -0.05) is 43.3 Å². The SMILES string of the molecule is CCc1ccc(CCC(O)=CC(C)=O)cc1.[Ir].[c-]1ccccc1-c1ccccn1. The van der Waals surface area contributed by atoms with Crippen molar-refractivity contribution >= 4 is 5.78 Å². The third kappa shape index (κ3) is 9.47. The molecule has 0 aliphatic heterocycles. The molecule has 1 heterocycles. The van der Waals surface area contributed by atoms with Crippen molar-refractivity contribution in [2.24, 2.45) is 0 Å². The third-order valence-electron chi connectivity index (χ3n) is 4.12. The molecule has 1 aromatic heterocycles. The first kappa shape index (κ1) is 24.5. The van der Waals surface area contributed by atoms with E-state index < -0.39 is 0 Å². The number of ketones is 1. The van der Waals surface area contributed by atoms with Crippen LogP contribution in [0.2, 0.25) is 0 Å². The molecule has 153 valence electrons. The molecule has 2 aromatic carbocycles. The van der Waals surface area contributed by atoms with Crippen LogP contribution in [0.25, 0.3) is 11.3 Å². The Labute approximate surface area is 186 Å². The van der Waals surface area contributed by atoms with Crippen LogP contribution in [-0.2, 0) is 37.7 Å². The predicted molar refractivity (Wildman–Crippen MR) is 114 cm³/mol. The van der Waals surface area contributed by atoms with Gasteiger partial charge in [-0.3, -0.25) is 4.79 Å². The first-order valence-corrected chi connectivity index (χ1v) is 9.44. The summed E-state index contributed by atoms with van der Waals surface area (Å²) in [5.74, 6) is 0.0471. The van der Waals surface area contributed by atoms with E-state index in [1.807, 2.05) is 42.5 Å². The fourth-order valence-corrected chi connectivity index (χ4v) is 2.60. The predicted octanol–water partition coefficient (Wildman–Crippen LogP) is 5.76. The number of hydrogen-bond donors (Lipinski definition) is 1. The van der Waals surface area contributed by atoms with Gasteiger partial charge < -0.3 is 10.1 Å². The Morgan fingerprint density at radius 3 is 2.28 bits per heavy atom. The molecule has 0 saturated carbocycles. The average molecular weight is 565 g/mol. The summed E-state index contributed by atoms with van der Waals surface area (Å²) in [5.41, 5.74) is 4.50. The van der Waals surface area contributed by atoms with Crippen molar-refractivity contribution in [2.45, 2.75) is 33.1 Å². The van der Waals surface area contributed by atoms with Gasteiger partial charge in [-0.25, -0.2) is 0 Å². The van der Waals surface area contributed by atoms with E-state index in [0.29, 0.717) is 6.42 Å². The number of carbonyl (C=O) groups is 1. The minimum Gasteiger partial charge on any atom is -0.512 e. The van der Waals surface area contributed by atoms with E-state index in [9.17, 15) is 9.90 Å². The molecule has 3 aromatic rings. The molecule has 29 heavy (non-hydrogen) atoms. The van der Waals surface area contributed by atoms with Crippen molar-refractivity contribution in [1.82, 2.24) is 4.98 Å². The van der Waals surface area contributed by atoms with Crippen LogP contribution < -0.4 is 0 Å². The number of aliphatic hydroxyl groups excluding tert-OH is 1. The molecule has 0 aliphatic rings. The quantitative estimate of drug-likeness (QED) is 0.235. The normalized spacial score (nSPS) is 10.3. The molecular formula is C25H26IrNO2-. The van der Waals surface area contributed by atoms with E-state index in [-0.39, 0.29) is 31.6 Å². The second-order valence-electron chi connectivity index (χ2n) is 6.41. The van der Waals surface area contributed by atoms with Crippen LogP contribution in [0.1, 0.15) is 31.4 Å². The number of nitrogens with zero attached hydrogens (tertiary/aromatic N) is 1. The molecule has 3 rings (SSSR count). The van der Waals surface area contributed by atoms with Crippen LogP contribution in [0, 0.1) is 6.07 Å². The standard InChI is InChI=1S/C14H18O2.C11H8N.Ir/c1-3-12-4-6-13(7-5-12)8-9-14(16)10-11(2)15;1-2-6-10(7-3-1)11-8-4-5-9-12-11;/h4-7,10,16H,3,8-9H2,1-2H3;1-6,8-9H;/q;-1;. The zero-order valence-corrected chi connectivity index (χ0v) is 19.2. The van der Waals surface area contributed by atoms with Crippen LogP contribution in [0.3, 0.4) is 0 Å². The van der Waals surface area contributed by atoms with Gasteiger partial charge in [0.15, 0.2) is 5.78 Å². The number of aromatic nitrogens is 1. The zero-order valence-electron chi connectivity index (χ0n) is 16.8. The second kappa shape index (κ2) is 13.6. The van der Waals surface area contributed by atoms with Gasteiger partial charge in [0.25, 0.3) is 0 Å². The summed E-state index contributed by atoms with van der Waals surface area (Å²) < 4.78 is 0. The van der Waals surface area contributed by atoms with Gasteiger partial charge in [0.05, 0.1) is 5.76 Å². The van der Waals surface area contributed by atoms with Gasteiger partial charge in [-0.2, -0.15) is 0 Å². The zero-order chi connectivity index (χ0) is 20.2. The van der Waals surface area contributed by atoms with E-state index in [2.05, 4.69) is 42.2 Å². The van der Waals surface area contributed by atoms with Crippen LogP contribution in [-0.4, -0.2) is 15.9 Å². The third-order valence-corrected chi connectivity index (χ3v) is 4.12. The molecule has 0 atom stereocenters. The molecule has 0 saturated heterocycles. The smallest absolute Gasteiger partial charge is 0.155 e. The first-order valence-electron chi connectivity index (χ1n) is 9.44. The van der Waals surface area contributed by atoms with Crippen molar-refractivity contribution in [3.8, 4) is 11.3 Å². The number of hydrogen-bond acceptors (Lipinski definition) is 3. The van der Waals surface area contributed by atoms with Gasteiger partial charge in [-0.15, -0.1) is 35.9 Å². The monoisotopic (exact) mass is 565 g/mol. The summed E-state index contributed by atoms with van der Waals surface area (Å²) in [6.45, 7) is 3.56. The second-order valence-corrected chi connectivity index (χ2v) is 6.41. The number of rotatable bonds is 6. The van der Waals surface area contributed by atoms with Gasteiger partial charge in [0.1, 0.15) is 0 Å². The largest absolute Gasteiger partial charge is 0.512 e. The summed E-state index contributed by atoms with van der Waals surface area (Å²) in [7, 11) is 0. The number of benzene rings is 2. The Kier molecular flexibility index (Phi) is 11.5. The van der Waals surface area contributed by atoms with E-state index in [4.69, 9.17) is 0 Å². The molecule has 0 bridgehead atoms. The van der Waals surface area contributed by atoms with Crippen molar-refractivity contribution in [2.75, 3.05) is 0 Å². The molecule has 1 N–H and O–H groups in total. The Morgan fingerprint density at radius 1 is 1.03 bits per heavy atom. The van der Waals surface area contributed by atoms with Crippen LogP contribution >= 0.6 is 0 Å². The Bertz CT molecular complexity index is 838. The van der Waals surface area contributed by atoms with Crippen molar-refractivity contribution in [3.63, 3.8) is 0 Å². The molecule has 4 heteroatoms. The average Bonchev–Trinajstić information content (AvgIpc) is 2.74. The molecular weight excluding hydrogens is 538 g/mol. The van der Waals surface area contributed by atoms with Crippen molar-refractivity contribution in [3.05, 3.63) is 102 Å². The maximum absolute atomic E-state index is 10.7. The molecule has 0 fully saturated rings. The van der Waals surface area contributed by atoms with E-state index in [0.717, 1.165) is 24.1 Å². The number of aliphatic hydroxyl groups is 1. The fraction of sp³-hybridized carbons (Fsp3) is 0.200. The number of allylic oxidation sites excluding steroid dienone is 2. The fourth-order valence-electron chi connectivity index (χ4n) is 2.60. The van der Waals surface area contributed by atoms with Crippen molar-refractivity contribution in [1.29, 1.82) is 0 Å². The molecule has 0 aliphatic carbocycles. The van der Waals surface area contributed by atoms with Gasteiger partial charge >= 0.3 is 0 Å². The number of aryl methyl sites for hydroxylation is 2. The summed E-state index contributed by atoms with van der Waals surface area (Å²) in [6.07, 6.45) is 5.39. The summed E-state index contributed by atoms with van der Waals surface area (Å²) in [5, 5.41) is 9.42. The summed E-state index contributed by atoms with van der Waals surface area (Å²) in [6, 6.07) is 25.2. The summed E-state index contributed by atoms with van der Waals surface area (Å²) >= 11 is 0. The van der Waals surface area contributed by atoms with Crippen LogP contribution in [0.4, 0.5) is 0 Å². The minimum absolute atomic E-state index is 0. The molecule has 0 spiro atoms. The molecule has 1 radical (unpaired) electrons. The van der Waals surface area contributed by atoms with Gasteiger partial charge in [0, 0.05) is 38.8 Å². The van der Waals surface area contributed by atoms with E-state index in [1.165, 1.54) is 24.1 Å². The van der Waals surface area contributed by atoms with E-state index >= 15 is 0 Å². The maximum atomic E-state index is 10.7. The number of carbonyl (C=O) groups excluding carboxylic acids is 1. The molecule has 0 unspecified atom stereocenters. The maximum Gasteiger partial charge on any atom is 0.155 e. The van der Waals surface area contributed by atoms with Gasteiger partial charge in [0.2, 0.25) is 0 Å². The van der Waals surface area contributed by atoms with E-state index in [1.54, 1.807) is 6.20 Å². The van der Waals surface area contributed by atoms with Crippen LogP contribution in [0.15, 0.2) is 84.8 Å².